The van der Waals surface area contributed by atoms with E-state index < -0.39 is 23.9 Å². The van der Waals surface area contributed by atoms with Gasteiger partial charge in [0.2, 0.25) is 0 Å². The Morgan fingerprint density at radius 3 is 0.647 bits per heavy atom. The normalized spacial score (nSPS) is 9.35. The first kappa shape index (κ1) is 45.7. The molecule has 0 N–H and O–H groups in total. The molecule has 0 aliphatic heterocycles. The van der Waals surface area contributed by atoms with Gasteiger partial charge >= 0.3 is 23.9 Å². The number of carbonyl (C=O) groups is 4. The predicted octanol–water partition coefficient (Wildman–Crippen LogP) is 10.7. The number of ether oxygens (including phenoxy) is 4. The largest absolute Gasteiger partial charge is 0.465 e. The van der Waals surface area contributed by atoms with Crippen molar-refractivity contribution in [2.75, 3.05) is 28.4 Å². The van der Waals surface area contributed by atoms with E-state index in [1.54, 1.807) is 72.8 Å². The maximum atomic E-state index is 12.0. The molecule has 0 radical (unpaired) electrons. The molecule has 0 saturated carbocycles. The number of rotatable bonds is 4. The second-order valence-electron chi connectivity index (χ2n) is 14.1. The lowest BCUT2D eigenvalue weighted by molar-refractivity contribution is 0.0592. The molecule has 0 bridgehead atoms. The maximum Gasteiger partial charge on any atom is 0.337 e. The van der Waals surface area contributed by atoms with Gasteiger partial charge in [0.05, 0.1) is 50.7 Å². The highest BCUT2D eigenvalue weighted by Gasteiger charge is 2.08. The van der Waals surface area contributed by atoms with Gasteiger partial charge in [-0.3, -0.25) is 0 Å². The third kappa shape index (κ3) is 11.2. The van der Waals surface area contributed by atoms with Gasteiger partial charge in [-0.1, -0.05) is 97.1 Å². The van der Waals surface area contributed by atoms with Crippen LogP contribution in [0.1, 0.15) is 41.4 Å². The fraction of sp³-hybridized carbons (Fsp3) is 0.0667. The van der Waals surface area contributed by atoms with Crippen LogP contribution >= 0.6 is 0 Å². The summed E-state index contributed by atoms with van der Waals surface area (Å²) < 4.78 is 19.3. The van der Waals surface area contributed by atoms with Crippen molar-refractivity contribution in [3.8, 4) is 0 Å². The highest BCUT2D eigenvalue weighted by Crippen LogP contribution is 2.17. The fourth-order valence-corrected chi connectivity index (χ4v) is 6.34. The summed E-state index contributed by atoms with van der Waals surface area (Å²) in [4.78, 5) is 47.9. The number of hydrogen-bond acceptors (Lipinski definition) is 8. The van der Waals surface area contributed by atoms with Crippen LogP contribution in [0.4, 0.5) is 0 Å². The van der Waals surface area contributed by atoms with Crippen LogP contribution in [0.5, 0.6) is 0 Å². The van der Waals surface area contributed by atoms with Crippen molar-refractivity contribution in [2.45, 2.75) is 0 Å². The highest BCUT2D eigenvalue weighted by atomic mass is 16.5. The van der Waals surface area contributed by atoms with Gasteiger partial charge in [-0.05, 0) is 121 Å². The van der Waals surface area contributed by atoms with E-state index in [2.05, 4.69) is 97.1 Å². The minimum Gasteiger partial charge on any atom is -0.465 e. The molecule has 0 amide bonds. The molecule has 0 aliphatic rings. The van der Waals surface area contributed by atoms with Crippen molar-refractivity contribution in [1.29, 1.82) is 0 Å². The van der Waals surface area contributed by atoms with Crippen LogP contribution in [0.15, 0.2) is 121 Å². The van der Waals surface area contributed by atoms with E-state index in [9.17, 15) is 19.2 Å². The Labute approximate surface area is 394 Å². The zero-order chi connectivity index (χ0) is 47.8. The van der Waals surface area contributed by atoms with E-state index in [-0.39, 0.29) is 0 Å². The van der Waals surface area contributed by atoms with Gasteiger partial charge in [0.25, 0.3) is 0 Å². The smallest absolute Gasteiger partial charge is 0.337 e. The molecule has 320 valence electrons. The van der Waals surface area contributed by atoms with Gasteiger partial charge in [0, 0.05) is 64.6 Å². The molecule has 0 aliphatic carbocycles. The summed E-state index contributed by atoms with van der Waals surface area (Å²) in [5.74, 6) is -1.86. The van der Waals surface area contributed by atoms with Gasteiger partial charge in [-0.25, -0.2) is 19.2 Å². The van der Waals surface area contributed by atoms with Gasteiger partial charge in [-0.15, -0.1) is 0 Å². The number of benzene rings is 6. The third-order valence-electron chi connectivity index (χ3n) is 9.86. The summed E-state index contributed by atoms with van der Waals surface area (Å²) in [5.41, 5.74) is 1.47. The van der Waals surface area contributed by atoms with E-state index in [1.807, 2.05) is 48.5 Å². The van der Waals surface area contributed by atoms with Crippen LogP contribution in [-0.4, -0.2) is 52.3 Å². The Kier molecular flexibility index (Phi) is 14.7. The predicted molar refractivity (Wildman–Crippen MR) is 255 cm³/mol. The van der Waals surface area contributed by atoms with E-state index in [4.69, 9.17) is 18.9 Å². The minimum atomic E-state index is -0.465. The second kappa shape index (κ2) is 21.8. The Morgan fingerprint density at radius 2 is 0.456 bits per heavy atom. The number of carbonyl (C=O) groups excluding carboxylic acids is 4. The van der Waals surface area contributed by atoms with E-state index in [0.717, 1.165) is 21.5 Å². The average molecular weight is 881 g/mol. The first-order valence-electron chi connectivity index (χ1n) is 20.4. The van der Waals surface area contributed by atoms with Crippen molar-refractivity contribution in [3.63, 3.8) is 0 Å². The van der Waals surface area contributed by atoms with E-state index in [0.29, 0.717) is 65.3 Å². The summed E-state index contributed by atoms with van der Waals surface area (Å²) in [6.45, 7) is 0. The molecule has 0 fully saturated rings. The Balaban J connectivity index is 0.000000201. The zero-order valence-corrected chi connectivity index (χ0v) is 36.8. The van der Waals surface area contributed by atoms with Crippen molar-refractivity contribution >= 4 is 88.5 Å². The number of hydrogen-bond donors (Lipinski definition) is 0. The average Bonchev–Trinajstić information content (AvgIpc) is 3.38. The lowest BCUT2D eigenvalue weighted by Gasteiger charge is -1.98. The molecule has 68 heavy (non-hydrogen) atoms. The summed E-state index contributed by atoms with van der Waals surface area (Å²) in [7, 11) is 5.29. The molecule has 8 nitrogen and oxygen atoms in total. The van der Waals surface area contributed by atoms with Gasteiger partial charge < -0.3 is 18.9 Å². The second-order valence-corrected chi connectivity index (χ2v) is 14.1. The summed E-state index contributed by atoms with van der Waals surface area (Å²) in [5, 5.41) is 7.80. The van der Waals surface area contributed by atoms with Crippen molar-refractivity contribution in [3.05, 3.63) is 241 Å². The lowest BCUT2D eigenvalue weighted by atomic mass is 10.1. The molecule has 8 rings (SSSR count). The van der Waals surface area contributed by atoms with E-state index >= 15 is 0 Å². The van der Waals surface area contributed by atoms with Crippen LogP contribution in [0.2, 0.25) is 0 Å². The molecule has 0 saturated heterocycles. The Bertz CT molecular complexity index is 3040. The molecule has 0 aromatic heterocycles. The van der Waals surface area contributed by atoms with Gasteiger partial charge in [0.15, 0.2) is 0 Å². The number of methoxy groups -OCH3 is 4. The first-order valence-corrected chi connectivity index (χ1v) is 20.4. The number of esters is 4. The molecule has 0 spiro atoms. The molecule has 0 unspecified atom stereocenters. The Hall–Kier alpha value is -10.3. The minimum absolute atomic E-state index is 0.366. The lowest BCUT2D eigenvalue weighted by Crippen LogP contribution is -2.00. The molecular weight excluding hydrogens is 849 g/mol. The summed E-state index contributed by atoms with van der Waals surface area (Å²) in [6.07, 6.45) is 0. The van der Waals surface area contributed by atoms with Gasteiger partial charge in [0.1, 0.15) is 0 Å². The summed E-state index contributed by atoms with van der Waals surface area (Å²) >= 11 is 0. The zero-order valence-electron chi connectivity index (χ0n) is 36.8. The van der Waals surface area contributed by atoms with Crippen LogP contribution in [0.25, 0.3) is 64.6 Å². The van der Waals surface area contributed by atoms with Crippen LogP contribution < -0.4 is 0 Å². The topological polar surface area (TPSA) is 105 Å². The highest BCUT2D eigenvalue weighted by molar-refractivity contribution is 5.97. The number of fused-ring (bicyclic) bond motifs is 6. The fourth-order valence-electron chi connectivity index (χ4n) is 6.34. The SMILES string of the molecule is COC(=O)c1ccc2c#cc3ccccc3c#cc3ccc(C(=O)OC)cc3c#cc#cc2c1.COC(=O)c1ccc2c#cc3ccccc3c#cc3ccc(C(=O)OC)cc3c#cc#cc2c1. The molecular formula is C60H32O8. The molecule has 8 heteroatoms. The van der Waals surface area contributed by atoms with Crippen molar-refractivity contribution < 1.29 is 38.1 Å². The van der Waals surface area contributed by atoms with E-state index in [1.165, 1.54) is 28.4 Å². The monoisotopic (exact) mass is 880 g/mol. The Morgan fingerprint density at radius 1 is 0.265 bits per heavy atom. The molecule has 8 aromatic carbocycles. The summed E-state index contributed by atoms with van der Waals surface area (Å²) in [6, 6.07) is 83.4. The first-order chi connectivity index (χ1) is 33.2. The van der Waals surface area contributed by atoms with Crippen LogP contribution in [0.3, 0.4) is 0 Å². The van der Waals surface area contributed by atoms with Crippen LogP contribution in [-0.2, 0) is 18.9 Å². The maximum absolute atomic E-state index is 12.0. The molecule has 0 atom stereocenters. The standard InChI is InChI=1S/2C30H16O4/c2*1-33-29(31)27-17-15-23-13-11-21-7-3-4-8-22(21)12-14-24-16-18-28(30(32)34-2)20-26(24)10-6-5-9-25(23)19-27/h2*3-4,7-8,15-20H,1-2H3. The molecule has 8 aromatic rings. The van der Waals surface area contributed by atoms with Gasteiger partial charge in [-0.2, -0.15) is 0 Å². The molecule has 0 heterocycles. The van der Waals surface area contributed by atoms with Crippen LogP contribution in [0, 0.1) is 97.1 Å². The van der Waals surface area contributed by atoms with Crippen molar-refractivity contribution in [1.82, 2.24) is 0 Å². The van der Waals surface area contributed by atoms with Crippen molar-refractivity contribution in [2.24, 2.45) is 0 Å². The third-order valence-corrected chi connectivity index (χ3v) is 9.86. The quantitative estimate of drug-likeness (QED) is 0.127.